The van der Waals surface area contributed by atoms with Gasteiger partial charge in [-0.2, -0.15) is 0 Å². The molecule has 104 valence electrons. The lowest BCUT2D eigenvalue weighted by molar-refractivity contribution is -0.138. The van der Waals surface area contributed by atoms with Crippen molar-refractivity contribution >= 4 is 39.3 Å². The molecule has 8 heteroatoms. The number of nitrogens with zero attached hydrogens (tertiary/aromatic N) is 2. The zero-order valence-corrected chi connectivity index (χ0v) is 11.1. The third-order valence-corrected chi connectivity index (χ3v) is 3.33. The molecule has 0 spiro atoms. The van der Waals surface area contributed by atoms with Crippen LogP contribution < -0.4 is 5.73 Å². The second-order valence-corrected chi connectivity index (χ2v) is 4.94. The molecule has 2 rings (SSSR count). The highest BCUT2D eigenvalue weighted by molar-refractivity contribution is 7.16. The van der Waals surface area contributed by atoms with Gasteiger partial charge in [0.15, 0.2) is 0 Å². The quantitative estimate of drug-likeness (QED) is 0.823. The fourth-order valence-corrected chi connectivity index (χ4v) is 2.44. The number of benzene rings is 1. The van der Waals surface area contributed by atoms with Gasteiger partial charge in [0.2, 0.25) is 5.91 Å². The third kappa shape index (κ3) is 3.09. The van der Waals surface area contributed by atoms with Crippen molar-refractivity contribution in [3.63, 3.8) is 0 Å². The Hall–Kier alpha value is -2.48. The predicted octanol–water partition coefficient (Wildman–Crippen LogP) is 0.308. The molecule has 3 N–H and O–H groups in total. The minimum atomic E-state index is -1.21. The summed E-state index contributed by atoms with van der Waals surface area (Å²) < 4.78 is 0.810. The van der Waals surface area contributed by atoms with E-state index < -0.39 is 30.9 Å². The van der Waals surface area contributed by atoms with Gasteiger partial charge < -0.3 is 15.7 Å². The molecule has 20 heavy (non-hydrogen) atoms. The first-order chi connectivity index (χ1) is 9.47. The van der Waals surface area contributed by atoms with Gasteiger partial charge >= 0.3 is 5.97 Å². The molecule has 1 aromatic carbocycles. The molecule has 0 bridgehead atoms. The number of primary amides is 1. The molecule has 2 amide bonds. The van der Waals surface area contributed by atoms with E-state index >= 15 is 0 Å². The molecular formula is C12H11N3O4S. The van der Waals surface area contributed by atoms with Crippen LogP contribution in [0.5, 0.6) is 0 Å². The molecule has 0 fully saturated rings. The molecule has 2 aromatic rings. The molecule has 1 aromatic heterocycles. The largest absolute Gasteiger partial charge is 0.480 e. The van der Waals surface area contributed by atoms with E-state index in [1.54, 1.807) is 23.7 Å². The van der Waals surface area contributed by atoms with E-state index in [2.05, 4.69) is 4.98 Å². The van der Waals surface area contributed by atoms with Crippen molar-refractivity contribution in [3.05, 3.63) is 29.3 Å². The summed E-state index contributed by atoms with van der Waals surface area (Å²) in [7, 11) is 0. The van der Waals surface area contributed by atoms with Crippen molar-refractivity contribution in [1.82, 2.24) is 9.88 Å². The van der Waals surface area contributed by atoms with Crippen molar-refractivity contribution in [2.45, 2.75) is 0 Å². The summed E-state index contributed by atoms with van der Waals surface area (Å²) in [6.07, 6.45) is 0. The molecule has 0 unspecified atom stereocenters. The van der Waals surface area contributed by atoms with Crippen LogP contribution in [0.15, 0.2) is 23.7 Å². The summed E-state index contributed by atoms with van der Waals surface area (Å²) in [6.45, 7) is -1.02. The molecule has 1 heterocycles. The summed E-state index contributed by atoms with van der Waals surface area (Å²) in [5.41, 5.74) is 7.73. The van der Waals surface area contributed by atoms with Crippen molar-refractivity contribution in [2.24, 2.45) is 5.73 Å². The Morgan fingerprint density at radius 3 is 2.70 bits per heavy atom. The maximum absolute atomic E-state index is 12.2. The lowest BCUT2D eigenvalue weighted by atomic mass is 10.2. The second kappa shape index (κ2) is 5.66. The van der Waals surface area contributed by atoms with Crippen molar-refractivity contribution < 1.29 is 19.5 Å². The normalized spacial score (nSPS) is 10.4. The Morgan fingerprint density at radius 2 is 2.05 bits per heavy atom. The molecule has 0 aliphatic heterocycles. The van der Waals surface area contributed by atoms with Crippen molar-refractivity contribution in [1.29, 1.82) is 0 Å². The highest BCUT2D eigenvalue weighted by atomic mass is 32.1. The average molecular weight is 293 g/mol. The fourth-order valence-electron chi connectivity index (χ4n) is 1.72. The van der Waals surface area contributed by atoms with Crippen LogP contribution in [-0.2, 0) is 9.59 Å². The molecule has 0 saturated carbocycles. The maximum atomic E-state index is 12.2. The number of nitrogens with two attached hydrogens (primary N) is 1. The van der Waals surface area contributed by atoms with Crippen LogP contribution >= 0.6 is 11.3 Å². The number of aromatic nitrogens is 1. The smallest absolute Gasteiger partial charge is 0.323 e. The monoisotopic (exact) mass is 293 g/mol. The molecule has 0 saturated heterocycles. The Bertz CT molecular complexity index is 666. The van der Waals surface area contributed by atoms with Crippen molar-refractivity contribution in [3.8, 4) is 0 Å². The van der Waals surface area contributed by atoms with E-state index in [1.165, 1.54) is 11.3 Å². The van der Waals surface area contributed by atoms with Crippen LogP contribution in [0.4, 0.5) is 0 Å². The Labute approximate surface area is 117 Å². The topological polar surface area (TPSA) is 114 Å². The van der Waals surface area contributed by atoms with Crippen LogP contribution in [-0.4, -0.2) is 45.9 Å². The van der Waals surface area contributed by atoms with Gasteiger partial charge in [0.05, 0.1) is 15.7 Å². The van der Waals surface area contributed by atoms with Gasteiger partial charge in [0, 0.05) is 5.56 Å². The minimum Gasteiger partial charge on any atom is -0.480 e. The zero-order chi connectivity index (χ0) is 14.7. The Kier molecular flexibility index (Phi) is 3.94. The lowest BCUT2D eigenvalue weighted by Crippen LogP contribution is -2.41. The number of rotatable bonds is 5. The highest BCUT2D eigenvalue weighted by Crippen LogP contribution is 2.20. The number of hydrogen-bond acceptors (Lipinski definition) is 5. The van der Waals surface area contributed by atoms with E-state index in [1.807, 2.05) is 0 Å². The SMILES string of the molecule is NC(=O)CN(CC(=O)O)C(=O)c1ccc2ncsc2c1. The number of thiazole rings is 1. The molecule has 7 nitrogen and oxygen atoms in total. The Balaban J connectivity index is 2.29. The molecule has 0 aliphatic carbocycles. The summed E-state index contributed by atoms with van der Waals surface area (Å²) >= 11 is 1.37. The van der Waals surface area contributed by atoms with E-state index in [0.717, 1.165) is 15.1 Å². The van der Waals surface area contributed by atoms with E-state index in [9.17, 15) is 14.4 Å². The summed E-state index contributed by atoms with van der Waals surface area (Å²) in [5, 5.41) is 8.78. The highest BCUT2D eigenvalue weighted by Gasteiger charge is 2.20. The summed E-state index contributed by atoms with van der Waals surface area (Å²) in [5.74, 6) is -2.53. The number of hydrogen-bond donors (Lipinski definition) is 2. The third-order valence-electron chi connectivity index (χ3n) is 2.54. The van der Waals surface area contributed by atoms with Crippen LogP contribution in [0.1, 0.15) is 10.4 Å². The molecule has 0 aliphatic rings. The predicted molar refractivity (Wildman–Crippen MR) is 72.4 cm³/mol. The van der Waals surface area contributed by atoms with Crippen LogP contribution in [0.2, 0.25) is 0 Å². The van der Waals surface area contributed by atoms with Crippen LogP contribution in [0, 0.1) is 0 Å². The van der Waals surface area contributed by atoms with Gasteiger partial charge in [0.1, 0.15) is 13.1 Å². The number of carbonyl (C=O) groups excluding carboxylic acids is 2. The van der Waals surface area contributed by atoms with Gasteiger partial charge in [-0.3, -0.25) is 14.4 Å². The number of fused-ring (bicyclic) bond motifs is 1. The van der Waals surface area contributed by atoms with Gasteiger partial charge in [-0.25, -0.2) is 4.98 Å². The number of aliphatic carboxylic acids is 1. The Morgan fingerprint density at radius 1 is 1.30 bits per heavy atom. The molecular weight excluding hydrogens is 282 g/mol. The van der Waals surface area contributed by atoms with E-state index in [0.29, 0.717) is 5.56 Å². The van der Waals surface area contributed by atoms with E-state index in [4.69, 9.17) is 10.8 Å². The maximum Gasteiger partial charge on any atom is 0.323 e. The number of carboxylic acid groups (broad SMARTS) is 1. The number of amides is 2. The van der Waals surface area contributed by atoms with Gasteiger partial charge in [-0.1, -0.05) is 0 Å². The van der Waals surface area contributed by atoms with Gasteiger partial charge in [-0.15, -0.1) is 11.3 Å². The second-order valence-electron chi connectivity index (χ2n) is 4.06. The molecule has 0 atom stereocenters. The van der Waals surface area contributed by atoms with E-state index in [-0.39, 0.29) is 0 Å². The van der Waals surface area contributed by atoms with Crippen LogP contribution in [0.25, 0.3) is 10.2 Å². The van der Waals surface area contributed by atoms with Crippen LogP contribution in [0.3, 0.4) is 0 Å². The first kappa shape index (κ1) is 13.9. The average Bonchev–Trinajstić information content (AvgIpc) is 2.83. The van der Waals surface area contributed by atoms with Gasteiger partial charge in [0.25, 0.3) is 5.91 Å². The number of carbonyl (C=O) groups is 3. The fraction of sp³-hybridized carbons (Fsp3) is 0.167. The summed E-state index contributed by atoms with van der Waals surface area (Å²) in [6, 6.07) is 4.83. The first-order valence-electron chi connectivity index (χ1n) is 5.60. The van der Waals surface area contributed by atoms with Gasteiger partial charge in [-0.05, 0) is 18.2 Å². The van der Waals surface area contributed by atoms with Crippen molar-refractivity contribution in [2.75, 3.05) is 13.1 Å². The lowest BCUT2D eigenvalue weighted by Gasteiger charge is -2.18. The minimum absolute atomic E-state index is 0.296. The summed E-state index contributed by atoms with van der Waals surface area (Å²) in [4.78, 5) is 38.9. The number of carboxylic acids is 1. The zero-order valence-electron chi connectivity index (χ0n) is 10.3. The molecule has 0 radical (unpaired) electrons. The standard InChI is InChI=1S/C12H11N3O4S/c13-10(16)4-15(5-11(17)18)12(19)7-1-2-8-9(3-7)20-6-14-8/h1-3,6H,4-5H2,(H2,13,16)(H,17,18). The first-order valence-corrected chi connectivity index (χ1v) is 6.48.